The highest BCUT2D eigenvalue weighted by molar-refractivity contribution is 6.02. The molecule has 2 aromatic carbocycles. The van der Waals surface area contributed by atoms with E-state index in [1.165, 1.54) is 38.5 Å². The molecule has 0 bridgehead atoms. The highest BCUT2D eigenvalue weighted by atomic mass is 16.5. The lowest BCUT2D eigenvalue weighted by atomic mass is 10.1. The molecular formula is C24H24N4O7. The molecule has 4 N–H and O–H groups in total. The number of ether oxygens (including phenoxy) is 2. The maximum atomic E-state index is 12.4. The van der Waals surface area contributed by atoms with Crippen LogP contribution < -0.4 is 20.3 Å². The van der Waals surface area contributed by atoms with E-state index in [9.17, 15) is 19.8 Å². The van der Waals surface area contributed by atoms with Crippen molar-refractivity contribution in [1.29, 1.82) is 0 Å². The van der Waals surface area contributed by atoms with Crippen LogP contribution in [0.25, 0.3) is 0 Å². The van der Waals surface area contributed by atoms with Gasteiger partial charge in [0.2, 0.25) is 0 Å². The average molecular weight is 480 g/mol. The smallest absolute Gasteiger partial charge is 0.307 e. The van der Waals surface area contributed by atoms with E-state index < -0.39 is 11.8 Å². The summed E-state index contributed by atoms with van der Waals surface area (Å²) in [7, 11) is 2.85. The molecule has 3 rings (SSSR count). The van der Waals surface area contributed by atoms with Crippen LogP contribution in [0.4, 0.5) is 0 Å². The van der Waals surface area contributed by atoms with Gasteiger partial charge in [-0.05, 0) is 62.4 Å². The second-order valence-corrected chi connectivity index (χ2v) is 7.21. The Hall–Kier alpha value is -4.80. The molecule has 0 atom stereocenters. The molecule has 3 aromatic rings. The van der Waals surface area contributed by atoms with Gasteiger partial charge in [0.1, 0.15) is 0 Å². The van der Waals surface area contributed by atoms with E-state index in [2.05, 4.69) is 21.1 Å². The first-order valence-electron chi connectivity index (χ1n) is 10.3. The number of amides is 2. The molecule has 35 heavy (non-hydrogen) atoms. The molecule has 0 unspecified atom stereocenters. The number of furan rings is 1. The molecule has 0 aliphatic rings. The third-order valence-electron chi connectivity index (χ3n) is 4.90. The monoisotopic (exact) mass is 480 g/mol. The second-order valence-electron chi connectivity index (χ2n) is 7.21. The summed E-state index contributed by atoms with van der Waals surface area (Å²) in [5.41, 5.74) is 6.86. The lowest BCUT2D eigenvalue weighted by Crippen LogP contribution is -2.20. The third kappa shape index (κ3) is 5.96. The first-order valence-corrected chi connectivity index (χ1v) is 10.3. The number of hydrogen-bond acceptors (Lipinski definition) is 9. The van der Waals surface area contributed by atoms with Gasteiger partial charge in [-0.15, -0.1) is 0 Å². The summed E-state index contributed by atoms with van der Waals surface area (Å²) in [6.07, 6.45) is 0. The summed E-state index contributed by atoms with van der Waals surface area (Å²) in [6, 6.07) is 12.0. The third-order valence-corrected chi connectivity index (χ3v) is 4.90. The Kier molecular flexibility index (Phi) is 7.72. The van der Waals surface area contributed by atoms with E-state index in [0.717, 1.165) is 0 Å². The minimum atomic E-state index is -0.662. The van der Waals surface area contributed by atoms with Crippen LogP contribution in [0.2, 0.25) is 0 Å². The number of nitrogens with zero attached hydrogens (tertiary/aromatic N) is 2. The zero-order valence-electron chi connectivity index (χ0n) is 19.4. The molecule has 0 spiro atoms. The quantitative estimate of drug-likeness (QED) is 0.285. The van der Waals surface area contributed by atoms with Crippen molar-refractivity contribution in [2.24, 2.45) is 10.2 Å². The van der Waals surface area contributed by atoms with E-state index in [1.807, 2.05) is 0 Å². The molecule has 2 amide bonds. The van der Waals surface area contributed by atoms with Crippen molar-refractivity contribution >= 4 is 23.2 Å². The molecule has 11 nitrogen and oxygen atoms in total. The number of carbonyl (C=O) groups excluding carboxylic acids is 2. The van der Waals surface area contributed by atoms with E-state index in [0.29, 0.717) is 22.6 Å². The Bertz CT molecular complexity index is 1210. The first kappa shape index (κ1) is 24.8. The lowest BCUT2D eigenvalue weighted by Gasteiger charge is -2.06. The molecule has 0 fully saturated rings. The van der Waals surface area contributed by atoms with Crippen molar-refractivity contribution in [3.8, 4) is 23.0 Å². The molecule has 1 heterocycles. The van der Waals surface area contributed by atoms with Crippen molar-refractivity contribution in [3.63, 3.8) is 0 Å². The predicted molar refractivity (Wildman–Crippen MR) is 127 cm³/mol. The highest BCUT2D eigenvalue weighted by Gasteiger charge is 2.16. The lowest BCUT2D eigenvalue weighted by molar-refractivity contribution is 0.0902. The summed E-state index contributed by atoms with van der Waals surface area (Å²) in [6.45, 7) is 3.33. The van der Waals surface area contributed by atoms with E-state index in [1.54, 1.807) is 38.1 Å². The fraction of sp³-hybridized carbons (Fsp3) is 0.167. The molecule has 182 valence electrons. The van der Waals surface area contributed by atoms with Gasteiger partial charge in [0.25, 0.3) is 0 Å². The van der Waals surface area contributed by atoms with Gasteiger partial charge in [0, 0.05) is 11.1 Å². The number of nitrogens with one attached hydrogen (secondary N) is 2. The zero-order chi connectivity index (χ0) is 25.5. The van der Waals surface area contributed by atoms with Crippen LogP contribution in [0, 0.1) is 0 Å². The Morgan fingerprint density at radius 2 is 1.14 bits per heavy atom. The van der Waals surface area contributed by atoms with Crippen molar-refractivity contribution in [3.05, 3.63) is 71.2 Å². The Labute approximate surface area is 200 Å². The Balaban J connectivity index is 1.63. The van der Waals surface area contributed by atoms with Crippen molar-refractivity contribution in [2.75, 3.05) is 14.2 Å². The number of hydrazone groups is 2. The first-order chi connectivity index (χ1) is 16.7. The van der Waals surface area contributed by atoms with Gasteiger partial charge < -0.3 is 24.1 Å². The average Bonchev–Trinajstić information content (AvgIpc) is 3.36. The number of rotatable bonds is 8. The zero-order valence-corrected chi connectivity index (χ0v) is 19.4. The predicted octanol–water partition coefficient (Wildman–Crippen LogP) is 3.02. The van der Waals surface area contributed by atoms with E-state index >= 15 is 0 Å². The minimum Gasteiger partial charge on any atom is -0.504 e. The van der Waals surface area contributed by atoms with Crippen LogP contribution >= 0.6 is 0 Å². The van der Waals surface area contributed by atoms with Gasteiger partial charge in [-0.25, -0.2) is 10.9 Å². The number of benzene rings is 2. The number of methoxy groups -OCH3 is 2. The molecule has 0 saturated carbocycles. The van der Waals surface area contributed by atoms with E-state index in [4.69, 9.17) is 13.9 Å². The topological polar surface area (TPSA) is 155 Å². The molecule has 1 aromatic heterocycles. The van der Waals surface area contributed by atoms with Crippen molar-refractivity contribution in [2.45, 2.75) is 13.8 Å². The van der Waals surface area contributed by atoms with Crippen molar-refractivity contribution in [1.82, 2.24) is 10.9 Å². The summed E-state index contributed by atoms with van der Waals surface area (Å²) in [5, 5.41) is 27.4. The second kappa shape index (κ2) is 10.9. The Morgan fingerprint density at radius 3 is 1.51 bits per heavy atom. The van der Waals surface area contributed by atoms with Gasteiger partial charge in [0.15, 0.2) is 34.5 Å². The maximum Gasteiger partial charge on any atom is 0.307 e. The summed E-state index contributed by atoms with van der Waals surface area (Å²) in [5.74, 6) is -1.07. The van der Waals surface area contributed by atoms with Crippen LogP contribution in [-0.2, 0) is 0 Å². The van der Waals surface area contributed by atoms with Crippen LogP contribution in [-0.4, -0.2) is 47.7 Å². The van der Waals surface area contributed by atoms with Gasteiger partial charge >= 0.3 is 11.8 Å². The fourth-order valence-electron chi connectivity index (χ4n) is 2.90. The molecule has 11 heteroatoms. The summed E-state index contributed by atoms with van der Waals surface area (Å²) < 4.78 is 15.4. The largest absolute Gasteiger partial charge is 0.504 e. The number of aromatic hydroxyl groups is 2. The molecule has 0 aliphatic carbocycles. The molecule has 0 saturated heterocycles. The summed E-state index contributed by atoms with van der Waals surface area (Å²) >= 11 is 0. The molecule has 0 radical (unpaired) electrons. The van der Waals surface area contributed by atoms with Crippen LogP contribution in [0.1, 0.15) is 46.1 Å². The van der Waals surface area contributed by atoms with Gasteiger partial charge in [0.05, 0.1) is 25.6 Å². The Morgan fingerprint density at radius 1 is 0.743 bits per heavy atom. The van der Waals surface area contributed by atoms with Gasteiger partial charge in [-0.3, -0.25) is 9.59 Å². The van der Waals surface area contributed by atoms with E-state index in [-0.39, 0.29) is 34.5 Å². The van der Waals surface area contributed by atoms with Crippen LogP contribution in [0.5, 0.6) is 23.0 Å². The van der Waals surface area contributed by atoms with Crippen LogP contribution in [0.3, 0.4) is 0 Å². The molecular weight excluding hydrogens is 456 g/mol. The minimum absolute atomic E-state index is 0.0169. The number of carbonyl (C=O) groups is 2. The standard InChI is InChI=1S/C24H24N4O7/c1-13(15-5-7-17(29)21(11-15)33-3)25-27-23(31)19-9-10-20(35-19)24(32)28-26-14(2)16-6-8-18(30)22(12-16)34-4/h5-12,29-30H,1-4H3,(H,27,31)(H,28,32). The molecule has 0 aliphatic heterocycles. The maximum absolute atomic E-state index is 12.4. The highest BCUT2D eigenvalue weighted by Crippen LogP contribution is 2.27. The summed E-state index contributed by atoms with van der Waals surface area (Å²) in [4.78, 5) is 24.7. The van der Waals surface area contributed by atoms with Gasteiger partial charge in [-0.1, -0.05) is 0 Å². The SMILES string of the molecule is COc1cc(C(C)=NNC(=O)c2ccc(C(=O)NN=C(C)c3ccc(O)c(OC)c3)o2)ccc1O. The number of hydrogen-bond donors (Lipinski definition) is 4. The van der Waals surface area contributed by atoms with Gasteiger partial charge in [-0.2, -0.15) is 10.2 Å². The number of phenolic OH excluding ortho intramolecular Hbond substituents is 2. The van der Waals surface area contributed by atoms with Crippen LogP contribution in [0.15, 0.2) is 63.2 Å². The number of phenols is 2. The normalized spacial score (nSPS) is 11.7. The van der Waals surface area contributed by atoms with Crippen molar-refractivity contribution < 1.29 is 33.7 Å². The fourth-order valence-corrected chi connectivity index (χ4v) is 2.90.